The molecule has 2 heteroatoms. The zero-order valence-corrected chi connectivity index (χ0v) is 7.00. The molecule has 0 bridgehead atoms. The van der Waals surface area contributed by atoms with Gasteiger partial charge in [0.1, 0.15) is 0 Å². The maximum absolute atomic E-state index is 3.34. The number of hydrogen-bond donors (Lipinski definition) is 1. The zero-order valence-electron chi connectivity index (χ0n) is 6.18. The van der Waals surface area contributed by atoms with Gasteiger partial charge in [0.15, 0.2) is 0 Å². The van der Waals surface area contributed by atoms with E-state index in [1.54, 1.807) is 0 Å². The molecule has 0 aromatic heterocycles. The molecule has 2 unspecified atom stereocenters. The molecule has 0 saturated carbocycles. The summed E-state index contributed by atoms with van der Waals surface area (Å²) < 4.78 is 0. The Bertz CT molecular complexity index is 81.0. The van der Waals surface area contributed by atoms with Gasteiger partial charge in [-0.2, -0.15) is 11.8 Å². The molecule has 2 atom stereocenters. The molecule has 0 amide bonds. The molecule has 1 fully saturated rings. The van der Waals surface area contributed by atoms with Crippen molar-refractivity contribution in [2.75, 3.05) is 12.8 Å². The lowest BCUT2D eigenvalue weighted by Gasteiger charge is -2.11. The largest absolute Gasteiger partial charge is 0.316 e. The van der Waals surface area contributed by atoms with Crippen LogP contribution in [-0.2, 0) is 0 Å². The van der Waals surface area contributed by atoms with E-state index in [0.717, 1.165) is 11.3 Å². The van der Waals surface area contributed by atoms with Gasteiger partial charge in [-0.3, -0.25) is 0 Å². The Balaban J connectivity index is 2.12. The lowest BCUT2D eigenvalue weighted by atomic mass is 10.1. The Hall–Kier alpha value is 0.310. The highest BCUT2D eigenvalue weighted by molar-refractivity contribution is 8.06. The van der Waals surface area contributed by atoms with E-state index in [1.165, 1.54) is 18.6 Å². The van der Waals surface area contributed by atoms with Crippen LogP contribution in [-0.4, -0.2) is 24.1 Å². The fourth-order valence-corrected chi connectivity index (χ4v) is 1.96. The Morgan fingerprint density at radius 2 is 2.44 bits per heavy atom. The lowest BCUT2D eigenvalue weighted by Crippen LogP contribution is -2.29. The third-order valence-corrected chi connectivity index (χ3v) is 2.83. The van der Waals surface area contributed by atoms with E-state index in [9.17, 15) is 0 Å². The SMILES string of the molecule is CCCC(NC)C1CS1. The normalized spacial score (nSPS) is 28.0. The summed E-state index contributed by atoms with van der Waals surface area (Å²) in [6, 6.07) is 0.792. The maximum Gasteiger partial charge on any atom is 0.0292 e. The first-order valence-electron chi connectivity index (χ1n) is 3.67. The summed E-state index contributed by atoms with van der Waals surface area (Å²) >= 11 is 2.08. The highest BCUT2D eigenvalue weighted by Crippen LogP contribution is 2.34. The molecule has 0 spiro atoms. The van der Waals surface area contributed by atoms with Gasteiger partial charge in [-0.1, -0.05) is 13.3 Å². The van der Waals surface area contributed by atoms with Crippen molar-refractivity contribution in [3.63, 3.8) is 0 Å². The molecule has 0 aliphatic carbocycles. The minimum absolute atomic E-state index is 0.792. The minimum Gasteiger partial charge on any atom is -0.316 e. The second-order valence-electron chi connectivity index (χ2n) is 2.56. The first-order valence-corrected chi connectivity index (χ1v) is 4.72. The highest BCUT2D eigenvalue weighted by atomic mass is 32.2. The van der Waals surface area contributed by atoms with Crippen LogP contribution in [0.3, 0.4) is 0 Å². The van der Waals surface area contributed by atoms with Crippen molar-refractivity contribution < 1.29 is 0 Å². The molecule has 1 aliphatic rings. The van der Waals surface area contributed by atoms with Crippen LogP contribution in [0, 0.1) is 0 Å². The molecule has 9 heavy (non-hydrogen) atoms. The van der Waals surface area contributed by atoms with Gasteiger partial charge in [0.05, 0.1) is 0 Å². The number of nitrogens with one attached hydrogen (secondary N) is 1. The van der Waals surface area contributed by atoms with E-state index in [4.69, 9.17) is 0 Å². The lowest BCUT2D eigenvalue weighted by molar-refractivity contribution is 0.532. The first kappa shape index (κ1) is 7.42. The Morgan fingerprint density at radius 3 is 2.78 bits per heavy atom. The van der Waals surface area contributed by atoms with E-state index < -0.39 is 0 Å². The molecule has 0 radical (unpaired) electrons. The van der Waals surface area contributed by atoms with Crippen LogP contribution in [0.4, 0.5) is 0 Å². The van der Waals surface area contributed by atoms with E-state index >= 15 is 0 Å². The van der Waals surface area contributed by atoms with Crippen molar-refractivity contribution in [3.05, 3.63) is 0 Å². The summed E-state index contributed by atoms with van der Waals surface area (Å²) in [6.45, 7) is 2.25. The van der Waals surface area contributed by atoms with Crippen LogP contribution < -0.4 is 5.32 Å². The van der Waals surface area contributed by atoms with Gasteiger partial charge >= 0.3 is 0 Å². The molecule has 1 N–H and O–H groups in total. The number of hydrogen-bond acceptors (Lipinski definition) is 2. The second-order valence-corrected chi connectivity index (χ2v) is 3.83. The summed E-state index contributed by atoms with van der Waals surface area (Å²) in [6.07, 6.45) is 2.65. The first-order chi connectivity index (χ1) is 4.38. The van der Waals surface area contributed by atoms with Gasteiger partial charge in [-0.25, -0.2) is 0 Å². The number of rotatable bonds is 4. The zero-order chi connectivity index (χ0) is 6.69. The van der Waals surface area contributed by atoms with Gasteiger partial charge in [0, 0.05) is 17.0 Å². The molecule has 0 aromatic carbocycles. The third-order valence-electron chi connectivity index (χ3n) is 1.78. The summed E-state index contributed by atoms with van der Waals surface area (Å²) in [5.74, 6) is 1.38. The van der Waals surface area contributed by atoms with E-state index in [1.807, 2.05) is 0 Å². The van der Waals surface area contributed by atoms with Crippen LogP contribution in [0.5, 0.6) is 0 Å². The molecule has 1 rings (SSSR count). The van der Waals surface area contributed by atoms with Crippen molar-refractivity contribution in [3.8, 4) is 0 Å². The Kier molecular flexibility index (Phi) is 2.86. The van der Waals surface area contributed by atoms with Gasteiger partial charge in [0.2, 0.25) is 0 Å². The monoisotopic (exact) mass is 145 g/mol. The summed E-state index contributed by atoms with van der Waals surface area (Å²) in [5.41, 5.74) is 0. The van der Waals surface area contributed by atoms with Crippen molar-refractivity contribution in [1.82, 2.24) is 5.32 Å². The van der Waals surface area contributed by atoms with Crippen LogP contribution in [0.15, 0.2) is 0 Å². The van der Waals surface area contributed by atoms with Gasteiger partial charge in [-0.15, -0.1) is 0 Å². The molecule has 0 aromatic rings. The van der Waals surface area contributed by atoms with Crippen molar-refractivity contribution >= 4 is 11.8 Å². The van der Waals surface area contributed by atoms with E-state index in [2.05, 4.69) is 31.1 Å². The maximum atomic E-state index is 3.34. The average molecular weight is 145 g/mol. The fraction of sp³-hybridized carbons (Fsp3) is 1.00. The second kappa shape index (κ2) is 3.47. The van der Waals surface area contributed by atoms with Crippen LogP contribution in [0.2, 0.25) is 0 Å². The fourth-order valence-electron chi connectivity index (χ4n) is 1.11. The van der Waals surface area contributed by atoms with E-state index in [-0.39, 0.29) is 0 Å². The molecule has 1 saturated heterocycles. The van der Waals surface area contributed by atoms with Gasteiger partial charge in [0.25, 0.3) is 0 Å². The van der Waals surface area contributed by atoms with Crippen molar-refractivity contribution in [1.29, 1.82) is 0 Å². The van der Waals surface area contributed by atoms with Crippen LogP contribution in [0.25, 0.3) is 0 Å². The third kappa shape index (κ3) is 2.18. The number of thioether (sulfide) groups is 1. The van der Waals surface area contributed by atoms with Crippen molar-refractivity contribution in [2.45, 2.75) is 31.1 Å². The van der Waals surface area contributed by atoms with Crippen LogP contribution >= 0.6 is 11.8 Å². The predicted octanol–water partition coefficient (Wildman–Crippen LogP) is 1.49. The van der Waals surface area contributed by atoms with Crippen molar-refractivity contribution in [2.24, 2.45) is 0 Å². The molecular weight excluding hydrogens is 130 g/mol. The van der Waals surface area contributed by atoms with Gasteiger partial charge < -0.3 is 5.32 Å². The van der Waals surface area contributed by atoms with Gasteiger partial charge in [-0.05, 0) is 13.5 Å². The van der Waals surface area contributed by atoms with E-state index in [0.29, 0.717) is 0 Å². The summed E-state index contributed by atoms with van der Waals surface area (Å²) in [7, 11) is 2.07. The molecule has 1 heterocycles. The quantitative estimate of drug-likeness (QED) is 0.601. The molecular formula is C7H15NS. The predicted molar refractivity (Wildman–Crippen MR) is 44.0 cm³/mol. The smallest absolute Gasteiger partial charge is 0.0292 e. The topological polar surface area (TPSA) is 12.0 Å². The molecule has 54 valence electrons. The Labute approximate surface area is 61.6 Å². The minimum atomic E-state index is 0.792. The summed E-state index contributed by atoms with van der Waals surface area (Å²) in [5, 5.41) is 4.28. The summed E-state index contributed by atoms with van der Waals surface area (Å²) in [4.78, 5) is 0. The van der Waals surface area contributed by atoms with Crippen LogP contribution in [0.1, 0.15) is 19.8 Å². The molecule has 1 nitrogen and oxygen atoms in total. The molecule has 1 aliphatic heterocycles. The standard InChI is InChI=1S/C7H15NS/c1-3-4-6(8-2)7-5-9-7/h6-8H,3-5H2,1-2H3. The Morgan fingerprint density at radius 1 is 1.78 bits per heavy atom. The average Bonchev–Trinajstić information content (AvgIpc) is 2.64. The highest BCUT2D eigenvalue weighted by Gasteiger charge is 2.29.